The lowest BCUT2D eigenvalue weighted by molar-refractivity contribution is -0.137. The van der Waals surface area contributed by atoms with Crippen LogP contribution in [0, 0.1) is 12.3 Å². The monoisotopic (exact) mass is 494 g/mol. The molecule has 0 unspecified atom stereocenters. The summed E-state index contributed by atoms with van der Waals surface area (Å²) in [4.78, 5) is 4.82. The highest BCUT2D eigenvalue weighted by Gasteiger charge is 2.31. The van der Waals surface area contributed by atoms with E-state index in [1.165, 1.54) is 17.7 Å². The standard InChI is InChI=1S/C32H25F3N2/c1-17-22-8-5-18(16-31(2,3)4)13-20(22)14-25-28-27-19(11-12-36-28)6-9-23-24-15-21(32(33,34)35)7-10-26(24)37(29(17)25)30(23)27/h5-15H,16H2,1-4H3. The van der Waals surface area contributed by atoms with Gasteiger partial charge in [0.15, 0.2) is 0 Å². The molecule has 0 radical (unpaired) electrons. The number of hydrogen-bond donors (Lipinski definition) is 0. The number of rotatable bonds is 1. The lowest BCUT2D eigenvalue weighted by Gasteiger charge is -2.19. The summed E-state index contributed by atoms with van der Waals surface area (Å²) < 4.78 is 43.2. The van der Waals surface area contributed by atoms with E-state index in [0.717, 1.165) is 66.4 Å². The van der Waals surface area contributed by atoms with Crippen LogP contribution < -0.4 is 0 Å². The highest BCUT2D eigenvalue weighted by Crippen LogP contribution is 2.44. The van der Waals surface area contributed by atoms with Crippen LogP contribution >= 0.6 is 0 Å². The van der Waals surface area contributed by atoms with Crippen molar-refractivity contribution >= 4 is 59.8 Å². The lowest BCUT2D eigenvalue weighted by atomic mass is 9.87. The molecule has 0 amide bonds. The second-order valence-electron chi connectivity index (χ2n) is 11.5. The van der Waals surface area contributed by atoms with Gasteiger partial charge in [-0.3, -0.25) is 4.98 Å². The SMILES string of the molecule is Cc1c2ccc(CC(C)(C)C)cc2cc2c3nccc4ccc5c6cc(C(F)(F)F)ccc6n(c12)c5c43. The molecule has 0 saturated heterocycles. The molecule has 7 aromatic rings. The van der Waals surface area contributed by atoms with E-state index < -0.39 is 11.7 Å². The fourth-order valence-corrected chi connectivity index (χ4v) is 6.20. The summed E-state index contributed by atoms with van der Waals surface area (Å²) in [6, 6.07) is 18.9. The first-order valence-corrected chi connectivity index (χ1v) is 12.5. The summed E-state index contributed by atoms with van der Waals surface area (Å²) in [5.41, 5.74) is 5.51. The highest BCUT2D eigenvalue weighted by atomic mass is 19.4. The van der Waals surface area contributed by atoms with Crippen LogP contribution in [0.2, 0.25) is 0 Å². The molecule has 0 aliphatic heterocycles. The van der Waals surface area contributed by atoms with Crippen molar-refractivity contribution < 1.29 is 13.2 Å². The third-order valence-electron chi connectivity index (χ3n) is 7.63. The summed E-state index contributed by atoms with van der Waals surface area (Å²) in [6.45, 7) is 8.83. The second kappa shape index (κ2) is 7.12. The molecule has 5 heteroatoms. The molecule has 37 heavy (non-hydrogen) atoms. The van der Waals surface area contributed by atoms with Crippen molar-refractivity contribution in [1.29, 1.82) is 0 Å². The topological polar surface area (TPSA) is 17.3 Å². The zero-order valence-corrected chi connectivity index (χ0v) is 21.1. The number of fused-ring (bicyclic) bond motifs is 7. The molecule has 0 spiro atoms. The maximum Gasteiger partial charge on any atom is 0.416 e. The summed E-state index contributed by atoms with van der Waals surface area (Å²) in [5, 5.41) is 6.75. The number of pyridine rings is 2. The highest BCUT2D eigenvalue weighted by molar-refractivity contribution is 6.28. The first-order chi connectivity index (χ1) is 17.5. The Morgan fingerprint density at radius 2 is 1.54 bits per heavy atom. The van der Waals surface area contributed by atoms with E-state index >= 15 is 0 Å². The van der Waals surface area contributed by atoms with Crippen LogP contribution in [0.3, 0.4) is 0 Å². The molecule has 0 saturated carbocycles. The van der Waals surface area contributed by atoms with Gasteiger partial charge >= 0.3 is 6.18 Å². The van der Waals surface area contributed by atoms with Gasteiger partial charge in [0.2, 0.25) is 0 Å². The number of nitrogens with zero attached hydrogens (tertiary/aromatic N) is 2. The first-order valence-electron chi connectivity index (χ1n) is 12.5. The van der Waals surface area contributed by atoms with Crippen LogP contribution in [0.5, 0.6) is 0 Å². The maximum atomic E-state index is 13.7. The number of halogens is 3. The van der Waals surface area contributed by atoms with E-state index in [2.05, 4.69) is 56.4 Å². The predicted molar refractivity (Wildman–Crippen MR) is 147 cm³/mol. The quantitative estimate of drug-likeness (QED) is 0.164. The Morgan fingerprint density at radius 1 is 0.757 bits per heavy atom. The predicted octanol–water partition coefficient (Wildman–Crippen LogP) is 9.45. The molecule has 184 valence electrons. The molecule has 0 aliphatic carbocycles. The van der Waals surface area contributed by atoms with Gasteiger partial charge in [0, 0.05) is 27.7 Å². The van der Waals surface area contributed by atoms with E-state index in [1.54, 1.807) is 6.07 Å². The minimum absolute atomic E-state index is 0.175. The zero-order chi connectivity index (χ0) is 25.9. The molecule has 3 aromatic heterocycles. The first kappa shape index (κ1) is 22.3. The normalized spacial score (nSPS) is 13.4. The van der Waals surface area contributed by atoms with Gasteiger partial charge in [0.05, 0.1) is 27.6 Å². The Hall–Kier alpha value is -3.86. The summed E-state index contributed by atoms with van der Waals surface area (Å²) in [6.07, 6.45) is -1.61. The Bertz CT molecular complexity index is 2040. The van der Waals surface area contributed by atoms with E-state index in [4.69, 9.17) is 4.98 Å². The van der Waals surface area contributed by atoms with E-state index in [0.29, 0.717) is 5.39 Å². The van der Waals surface area contributed by atoms with Gasteiger partial charge in [-0.2, -0.15) is 13.2 Å². The van der Waals surface area contributed by atoms with Crippen molar-refractivity contribution in [2.45, 2.75) is 40.3 Å². The minimum Gasteiger partial charge on any atom is -0.308 e. The molecule has 0 fully saturated rings. The van der Waals surface area contributed by atoms with Crippen LogP contribution in [-0.2, 0) is 12.6 Å². The van der Waals surface area contributed by atoms with Crippen molar-refractivity contribution in [1.82, 2.24) is 9.38 Å². The van der Waals surface area contributed by atoms with Crippen molar-refractivity contribution in [3.8, 4) is 0 Å². The lowest BCUT2D eigenvalue weighted by Crippen LogP contribution is -2.09. The molecular weight excluding hydrogens is 469 g/mol. The molecule has 4 aromatic carbocycles. The molecule has 3 heterocycles. The number of alkyl halides is 3. The summed E-state index contributed by atoms with van der Waals surface area (Å²) in [7, 11) is 0. The summed E-state index contributed by atoms with van der Waals surface area (Å²) in [5.74, 6) is 0. The van der Waals surface area contributed by atoms with Gasteiger partial charge in [-0.1, -0.05) is 51.1 Å². The average Bonchev–Trinajstić information content (AvgIpc) is 3.16. The Labute approximate surface area is 211 Å². The average molecular weight is 495 g/mol. The van der Waals surface area contributed by atoms with Gasteiger partial charge in [-0.15, -0.1) is 0 Å². The van der Waals surface area contributed by atoms with Crippen LogP contribution in [0.25, 0.3) is 59.8 Å². The van der Waals surface area contributed by atoms with Gasteiger partial charge in [0.25, 0.3) is 0 Å². The van der Waals surface area contributed by atoms with Crippen LogP contribution in [-0.4, -0.2) is 9.38 Å². The third kappa shape index (κ3) is 3.16. The number of aryl methyl sites for hydroxylation is 1. The van der Waals surface area contributed by atoms with Crippen LogP contribution in [0.15, 0.2) is 66.9 Å². The third-order valence-corrected chi connectivity index (χ3v) is 7.63. The van der Waals surface area contributed by atoms with Gasteiger partial charge in [-0.05, 0) is 76.4 Å². The number of benzene rings is 4. The van der Waals surface area contributed by atoms with Gasteiger partial charge < -0.3 is 4.40 Å². The van der Waals surface area contributed by atoms with Gasteiger partial charge in [0.1, 0.15) is 0 Å². The molecule has 7 rings (SSSR count). The molecule has 0 N–H and O–H groups in total. The van der Waals surface area contributed by atoms with Crippen molar-refractivity contribution in [2.75, 3.05) is 0 Å². The smallest absolute Gasteiger partial charge is 0.308 e. The van der Waals surface area contributed by atoms with Crippen molar-refractivity contribution in [2.24, 2.45) is 5.41 Å². The minimum atomic E-state index is -4.40. The molecular formula is C32H25F3N2. The van der Waals surface area contributed by atoms with Crippen molar-refractivity contribution in [3.63, 3.8) is 0 Å². The molecule has 0 bridgehead atoms. The molecule has 0 atom stereocenters. The number of hydrogen-bond acceptors (Lipinski definition) is 1. The summed E-state index contributed by atoms with van der Waals surface area (Å²) >= 11 is 0. The fraction of sp³-hybridized carbons (Fsp3) is 0.219. The molecule has 0 aliphatic rings. The Morgan fingerprint density at radius 3 is 2.30 bits per heavy atom. The van der Waals surface area contributed by atoms with Crippen LogP contribution in [0.1, 0.15) is 37.5 Å². The van der Waals surface area contributed by atoms with E-state index in [9.17, 15) is 13.2 Å². The van der Waals surface area contributed by atoms with Crippen LogP contribution in [0.4, 0.5) is 13.2 Å². The van der Waals surface area contributed by atoms with E-state index in [-0.39, 0.29) is 5.41 Å². The Kier molecular flexibility index (Phi) is 4.30. The van der Waals surface area contributed by atoms with Crippen molar-refractivity contribution in [3.05, 3.63) is 83.6 Å². The molecule has 2 nitrogen and oxygen atoms in total. The largest absolute Gasteiger partial charge is 0.416 e. The van der Waals surface area contributed by atoms with E-state index in [1.807, 2.05) is 24.4 Å². The Balaban J connectivity index is 1.70. The van der Waals surface area contributed by atoms with Gasteiger partial charge in [-0.25, -0.2) is 0 Å². The second-order valence-corrected chi connectivity index (χ2v) is 11.5. The maximum absolute atomic E-state index is 13.7. The fourth-order valence-electron chi connectivity index (χ4n) is 6.20. The zero-order valence-electron chi connectivity index (χ0n) is 21.1. The number of aromatic nitrogens is 2.